The third-order valence-electron chi connectivity index (χ3n) is 2.74. The zero-order valence-corrected chi connectivity index (χ0v) is 11.1. The minimum absolute atomic E-state index is 0.0957. The number of phenols is 1. The Hall–Kier alpha value is -1.88. The second-order valence-corrected chi connectivity index (χ2v) is 5.39. The summed E-state index contributed by atoms with van der Waals surface area (Å²) in [5, 5.41) is 19.4. The van der Waals surface area contributed by atoms with Crippen molar-refractivity contribution in [1.82, 2.24) is 4.98 Å². The molecule has 0 amide bonds. The third kappa shape index (κ3) is 2.09. The predicted molar refractivity (Wildman–Crippen MR) is 70.4 cm³/mol. The fourth-order valence-electron chi connectivity index (χ4n) is 1.80. The van der Waals surface area contributed by atoms with E-state index >= 15 is 0 Å². The van der Waals surface area contributed by atoms with Crippen LogP contribution in [0.3, 0.4) is 0 Å². The number of rotatable bonds is 2. The van der Waals surface area contributed by atoms with Crippen LogP contribution in [0.1, 0.15) is 26.5 Å². The van der Waals surface area contributed by atoms with Gasteiger partial charge in [0.1, 0.15) is 10.8 Å². The summed E-state index contributed by atoms with van der Waals surface area (Å²) in [6.45, 7) is 5.36. The minimum Gasteiger partial charge on any atom is -0.507 e. The zero-order chi connectivity index (χ0) is 13.4. The number of thiazole rings is 1. The quantitative estimate of drug-likeness (QED) is 0.873. The van der Waals surface area contributed by atoms with Crippen LogP contribution < -0.4 is 0 Å². The first-order chi connectivity index (χ1) is 8.40. The van der Waals surface area contributed by atoms with Crippen molar-refractivity contribution in [2.24, 2.45) is 0 Å². The predicted octanol–water partition coefficient (Wildman–Crippen LogP) is 3.14. The van der Waals surface area contributed by atoms with Crippen molar-refractivity contribution in [3.05, 3.63) is 33.8 Å². The van der Waals surface area contributed by atoms with E-state index in [9.17, 15) is 9.90 Å². The average Bonchev–Trinajstić information content (AvgIpc) is 2.67. The van der Waals surface area contributed by atoms with Crippen LogP contribution >= 0.6 is 11.3 Å². The van der Waals surface area contributed by atoms with E-state index in [1.54, 1.807) is 6.92 Å². The van der Waals surface area contributed by atoms with Gasteiger partial charge < -0.3 is 10.2 Å². The molecular weight excluding hydrogens is 250 g/mol. The number of carboxylic acid groups (broad SMARTS) is 1. The van der Waals surface area contributed by atoms with Gasteiger partial charge in [-0.2, -0.15) is 0 Å². The molecule has 0 aliphatic carbocycles. The normalized spacial score (nSPS) is 10.6. The first-order valence-corrected chi connectivity index (χ1v) is 6.23. The maximum atomic E-state index is 11.0. The summed E-state index contributed by atoms with van der Waals surface area (Å²) in [4.78, 5) is 15.8. The second-order valence-electron chi connectivity index (χ2n) is 4.19. The highest BCUT2D eigenvalue weighted by atomic mass is 32.1. The number of aromatic hydroxyl groups is 1. The molecular formula is C13H13NO3S. The summed E-state index contributed by atoms with van der Waals surface area (Å²) >= 11 is 1.35. The third-order valence-corrected chi connectivity index (χ3v) is 3.76. The Bertz CT molecular complexity index is 608. The van der Waals surface area contributed by atoms with Crippen molar-refractivity contribution in [3.8, 4) is 16.3 Å². The standard InChI is InChI=1S/C13H13NO3S/c1-6-4-9(5-7(2)11(6)15)12-14-10(13(16)17)8(3)18-12/h4-5,15H,1-3H3,(H,16,17). The van der Waals surface area contributed by atoms with Crippen molar-refractivity contribution >= 4 is 17.3 Å². The van der Waals surface area contributed by atoms with Crippen LogP contribution in [0.15, 0.2) is 12.1 Å². The lowest BCUT2D eigenvalue weighted by Gasteiger charge is -2.05. The van der Waals surface area contributed by atoms with Crippen LogP contribution in [0, 0.1) is 20.8 Å². The number of aromatic carboxylic acids is 1. The van der Waals surface area contributed by atoms with Gasteiger partial charge in [-0.15, -0.1) is 11.3 Å². The number of hydrogen-bond acceptors (Lipinski definition) is 4. The maximum absolute atomic E-state index is 11.0. The van der Waals surface area contributed by atoms with E-state index in [-0.39, 0.29) is 11.4 Å². The van der Waals surface area contributed by atoms with E-state index in [0.717, 1.165) is 16.7 Å². The van der Waals surface area contributed by atoms with Gasteiger partial charge in [0, 0.05) is 10.4 Å². The molecule has 0 fully saturated rings. The van der Waals surface area contributed by atoms with Gasteiger partial charge in [0.15, 0.2) is 5.69 Å². The lowest BCUT2D eigenvalue weighted by atomic mass is 10.1. The Morgan fingerprint density at radius 3 is 2.22 bits per heavy atom. The molecule has 0 atom stereocenters. The number of aryl methyl sites for hydroxylation is 3. The fourth-order valence-corrected chi connectivity index (χ4v) is 2.69. The average molecular weight is 263 g/mol. The van der Waals surface area contributed by atoms with Crippen LogP contribution in [-0.4, -0.2) is 21.2 Å². The van der Waals surface area contributed by atoms with Crippen LogP contribution in [0.2, 0.25) is 0 Å². The van der Waals surface area contributed by atoms with Gasteiger partial charge in [-0.3, -0.25) is 0 Å². The molecule has 0 aliphatic heterocycles. The minimum atomic E-state index is -1.01. The van der Waals surface area contributed by atoms with Crippen molar-refractivity contribution in [2.45, 2.75) is 20.8 Å². The Kier molecular flexibility index (Phi) is 3.09. The summed E-state index contributed by atoms with van der Waals surface area (Å²) in [5.74, 6) is -0.743. The first kappa shape index (κ1) is 12.6. The number of phenolic OH excluding ortho intramolecular Hbond substituents is 1. The molecule has 94 valence electrons. The van der Waals surface area contributed by atoms with E-state index in [0.29, 0.717) is 9.88 Å². The Morgan fingerprint density at radius 1 is 1.22 bits per heavy atom. The molecule has 1 aromatic heterocycles. The first-order valence-electron chi connectivity index (χ1n) is 5.41. The highest BCUT2D eigenvalue weighted by molar-refractivity contribution is 7.15. The molecule has 2 aromatic rings. The number of carbonyl (C=O) groups is 1. The van der Waals surface area contributed by atoms with Crippen molar-refractivity contribution in [1.29, 1.82) is 0 Å². The molecule has 0 spiro atoms. The SMILES string of the molecule is Cc1cc(-c2nc(C(=O)O)c(C)s2)cc(C)c1O. The number of hydrogen-bond donors (Lipinski definition) is 2. The summed E-state index contributed by atoms with van der Waals surface area (Å²) in [5.41, 5.74) is 2.45. The molecule has 4 nitrogen and oxygen atoms in total. The Morgan fingerprint density at radius 2 is 1.78 bits per heavy atom. The molecule has 0 radical (unpaired) electrons. The topological polar surface area (TPSA) is 70.4 Å². The largest absolute Gasteiger partial charge is 0.507 e. The van der Waals surface area contributed by atoms with E-state index < -0.39 is 5.97 Å². The molecule has 2 rings (SSSR count). The smallest absolute Gasteiger partial charge is 0.355 e. The molecule has 0 unspecified atom stereocenters. The van der Waals surface area contributed by atoms with Gasteiger partial charge in [0.05, 0.1) is 0 Å². The van der Waals surface area contributed by atoms with Crippen LogP contribution in [0.4, 0.5) is 0 Å². The van der Waals surface area contributed by atoms with Crippen molar-refractivity contribution < 1.29 is 15.0 Å². The van der Waals surface area contributed by atoms with E-state index in [1.165, 1.54) is 11.3 Å². The number of carboxylic acids is 1. The van der Waals surface area contributed by atoms with Crippen molar-refractivity contribution in [2.75, 3.05) is 0 Å². The molecule has 0 saturated heterocycles. The maximum Gasteiger partial charge on any atom is 0.355 e. The highest BCUT2D eigenvalue weighted by Crippen LogP contribution is 2.32. The highest BCUT2D eigenvalue weighted by Gasteiger charge is 2.16. The van der Waals surface area contributed by atoms with Gasteiger partial charge in [-0.25, -0.2) is 9.78 Å². The lowest BCUT2D eigenvalue weighted by molar-refractivity contribution is 0.0690. The van der Waals surface area contributed by atoms with Crippen LogP contribution in [-0.2, 0) is 0 Å². The molecule has 18 heavy (non-hydrogen) atoms. The Labute approximate surface area is 109 Å². The molecule has 0 bridgehead atoms. The van der Waals surface area contributed by atoms with Crippen LogP contribution in [0.5, 0.6) is 5.75 Å². The summed E-state index contributed by atoms with van der Waals surface area (Å²) < 4.78 is 0. The van der Waals surface area contributed by atoms with Gasteiger partial charge in [0.25, 0.3) is 0 Å². The molecule has 1 heterocycles. The molecule has 0 aliphatic rings. The fraction of sp³-hybridized carbons (Fsp3) is 0.231. The van der Waals surface area contributed by atoms with Gasteiger partial charge >= 0.3 is 5.97 Å². The molecule has 2 N–H and O–H groups in total. The van der Waals surface area contributed by atoms with E-state index in [4.69, 9.17) is 5.11 Å². The van der Waals surface area contributed by atoms with Gasteiger partial charge in [0.2, 0.25) is 0 Å². The Balaban J connectivity index is 2.56. The molecule has 1 aromatic carbocycles. The van der Waals surface area contributed by atoms with E-state index in [1.807, 2.05) is 26.0 Å². The van der Waals surface area contributed by atoms with Gasteiger partial charge in [-0.1, -0.05) is 0 Å². The summed E-state index contributed by atoms with van der Waals surface area (Å²) in [6, 6.07) is 3.62. The molecule has 0 saturated carbocycles. The zero-order valence-electron chi connectivity index (χ0n) is 10.3. The van der Waals surface area contributed by atoms with Crippen LogP contribution in [0.25, 0.3) is 10.6 Å². The second kappa shape index (κ2) is 4.42. The van der Waals surface area contributed by atoms with E-state index in [2.05, 4.69) is 4.98 Å². The summed E-state index contributed by atoms with van der Waals surface area (Å²) in [7, 11) is 0. The number of nitrogens with zero attached hydrogens (tertiary/aromatic N) is 1. The monoisotopic (exact) mass is 263 g/mol. The lowest BCUT2D eigenvalue weighted by Crippen LogP contribution is -1.98. The summed E-state index contributed by atoms with van der Waals surface area (Å²) in [6.07, 6.45) is 0. The number of benzene rings is 1. The van der Waals surface area contributed by atoms with Crippen molar-refractivity contribution in [3.63, 3.8) is 0 Å². The number of aromatic nitrogens is 1. The van der Waals surface area contributed by atoms with Gasteiger partial charge in [-0.05, 0) is 44.0 Å². The molecule has 5 heteroatoms.